The van der Waals surface area contributed by atoms with Gasteiger partial charge in [0.2, 0.25) is 0 Å². The van der Waals surface area contributed by atoms with Gasteiger partial charge >= 0.3 is 5.97 Å². The van der Waals surface area contributed by atoms with Gasteiger partial charge in [0.25, 0.3) is 0 Å². The van der Waals surface area contributed by atoms with Gasteiger partial charge in [-0.25, -0.2) is 4.79 Å². The van der Waals surface area contributed by atoms with E-state index in [4.69, 9.17) is 31.0 Å². The van der Waals surface area contributed by atoms with Crippen LogP contribution >= 0.6 is 0 Å². The van der Waals surface area contributed by atoms with Gasteiger partial charge in [-0.2, -0.15) is 0 Å². The summed E-state index contributed by atoms with van der Waals surface area (Å²) in [7, 11) is 2.07. The lowest BCUT2D eigenvalue weighted by Crippen LogP contribution is -3.08. The Bertz CT molecular complexity index is 810. The highest BCUT2D eigenvalue weighted by Crippen LogP contribution is 2.18. The van der Waals surface area contributed by atoms with Crippen LogP contribution in [0.15, 0.2) is 61.2 Å². The number of hydrogen-bond donors (Lipinski definition) is 2. The molecule has 2 aromatic carbocycles. The van der Waals surface area contributed by atoms with Crippen molar-refractivity contribution in [2.45, 2.75) is 6.61 Å². The van der Waals surface area contributed by atoms with E-state index in [0.29, 0.717) is 13.2 Å². The molecule has 1 unspecified atom stereocenters. The van der Waals surface area contributed by atoms with Crippen LogP contribution < -0.4 is 14.7 Å². The van der Waals surface area contributed by atoms with Crippen molar-refractivity contribution in [1.29, 1.82) is 0 Å². The van der Waals surface area contributed by atoms with Crippen LogP contribution in [0.25, 0.3) is 5.57 Å². The summed E-state index contributed by atoms with van der Waals surface area (Å²) in [5.41, 5.74) is 3.38. The number of aliphatic carboxylic acids is 2. The Balaban J connectivity index is 0.000000568. The number of terminal acetylenes is 1. The molecule has 0 bridgehead atoms. The van der Waals surface area contributed by atoms with Crippen molar-refractivity contribution in [2.75, 3.05) is 20.1 Å². The summed E-state index contributed by atoms with van der Waals surface area (Å²) in [6.45, 7) is 6.27. The molecule has 0 saturated heterocycles. The van der Waals surface area contributed by atoms with Gasteiger partial charge in [0.1, 0.15) is 25.4 Å². The number of carbonyl (C=O) groups is 2. The molecule has 0 fully saturated rings. The Hall–Kier alpha value is -3.56. The average Bonchev–Trinajstić information content (AvgIpc) is 2.68. The lowest BCUT2D eigenvalue weighted by Gasteiger charge is -2.13. The van der Waals surface area contributed by atoms with E-state index in [2.05, 4.69) is 31.7 Å². The van der Waals surface area contributed by atoms with Crippen LogP contribution in [0.1, 0.15) is 11.1 Å². The molecule has 2 rings (SSSR count). The minimum Gasteiger partial charge on any atom is -0.539 e. The molecular weight excluding hydrogens is 358 g/mol. The van der Waals surface area contributed by atoms with Crippen LogP contribution in [0.2, 0.25) is 0 Å². The number of carboxylic acid groups (broad SMARTS) is 2. The van der Waals surface area contributed by atoms with Crippen LogP contribution in [0, 0.1) is 12.3 Å². The van der Waals surface area contributed by atoms with E-state index in [-0.39, 0.29) is 0 Å². The van der Waals surface area contributed by atoms with E-state index in [1.54, 1.807) is 0 Å². The van der Waals surface area contributed by atoms with Gasteiger partial charge in [-0.1, -0.05) is 49.0 Å². The molecule has 6 heteroatoms. The monoisotopic (exact) mass is 381 g/mol. The Morgan fingerprint density at radius 2 is 1.75 bits per heavy atom. The third kappa shape index (κ3) is 8.70. The number of likely N-dealkylation sites (N-methyl/N-ethyl adjacent to an activating group) is 1. The lowest BCUT2D eigenvalue weighted by molar-refractivity contribution is -0.863. The second kappa shape index (κ2) is 11.9. The van der Waals surface area contributed by atoms with Gasteiger partial charge in [-0.05, 0) is 29.2 Å². The van der Waals surface area contributed by atoms with Gasteiger partial charge in [0.05, 0.1) is 7.05 Å². The van der Waals surface area contributed by atoms with E-state index in [9.17, 15) is 0 Å². The first kappa shape index (κ1) is 22.5. The highest BCUT2D eigenvalue weighted by Gasteiger charge is 2.06. The molecule has 0 aromatic heterocycles. The Morgan fingerprint density at radius 3 is 2.25 bits per heavy atom. The Labute approximate surface area is 164 Å². The Kier molecular flexibility index (Phi) is 9.59. The number of carbonyl (C=O) groups excluding carboxylic acids is 1. The summed E-state index contributed by atoms with van der Waals surface area (Å²) in [6, 6.07) is 18.2. The van der Waals surface area contributed by atoms with Crippen molar-refractivity contribution >= 4 is 17.5 Å². The molecule has 0 aliphatic heterocycles. The zero-order valence-electron chi connectivity index (χ0n) is 15.7. The summed E-state index contributed by atoms with van der Waals surface area (Å²) in [6.07, 6.45) is 5.33. The van der Waals surface area contributed by atoms with Crippen molar-refractivity contribution in [3.8, 4) is 18.1 Å². The van der Waals surface area contributed by atoms with E-state index < -0.39 is 11.9 Å². The largest absolute Gasteiger partial charge is 0.539 e. The summed E-state index contributed by atoms with van der Waals surface area (Å²) in [5, 5.41) is 16.3. The molecule has 6 nitrogen and oxygen atoms in total. The molecule has 2 aromatic rings. The third-order valence-electron chi connectivity index (χ3n) is 3.60. The fourth-order valence-electron chi connectivity index (χ4n) is 2.23. The number of quaternary nitrogens is 1. The molecular formula is C22H23NO5. The van der Waals surface area contributed by atoms with Crippen LogP contribution in [-0.4, -0.2) is 37.2 Å². The number of ether oxygens (including phenoxy) is 1. The topological polar surface area (TPSA) is 91.1 Å². The van der Waals surface area contributed by atoms with E-state index in [1.165, 1.54) is 4.90 Å². The number of carboxylic acids is 2. The lowest BCUT2D eigenvalue weighted by atomic mass is 10.1. The van der Waals surface area contributed by atoms with E-state index >= 15 is 0 Å². The van der Waals surface area contributed by atoms with Crippen LogP contribution in [0.5, 0.6) is 5.75 Å². The minimum atomic E-state index is -2.07. The van der Waals surface area contributed by atoms with Crippen molar-refractivity contribution < 1.29 is 29.4 Å². The maximum absolute atomic E-state index is 9.04. The fraction of sp³-hybridized carbons (Fsp3) is 0.182. The van der Waals surface area contributed by atoms with Crippen molar-refractivity contribution in [3.63, 3.8) is 0 Å². The van der Waals surface area contributed by atoms with Crippen LogP contribution in [-0.2, 0) is 16.2 Å². The average molecular weight is 381 g/mol. The summed E-state index contributed by atoms with van der Waals surface area (Å²) >= 11 is 0. The third-order valence-corrected chi connectivity index (χ3v) is 3.60. The fourth-order valence-corrected chi connectivity index (χ4v) is 2.23. The van der Waals surface area contributed by atoms with E-state index in [1.807, 2.05) is 42.5 Å². The zero-order chi connectivity index (χ0) is 20.9. The zero-order valence-corrected chi connectivity index (χ0v) is 15.7. The summed E-state index contributed by atoms with van der Waals surface area (Å²) in [4.78, 5) is 19.3. The molecule has 146 valence electrons. The second-order valence-corrected chi connectivity index (χ2v) is 6.01. The predicted molar refractivity (Wildman–Crippen MR) is 104 cm³/mol. The summed E-state index contributed by atoms with van der Waals surface area (Å²) in [5.74, 6) is -0.476. The number of rotatable bonds is 7. The van der Waals surface area contributed by atoms with Gasteiger partial charge in [0, 0.05) is 5.57 Å². The molecule has 0 heterocycles. The highest BCUT2D eigenvalue weighted by molar-refractivity contribution is 6.26. The minimum absolute atomic E-state index is 0.580. The maximum atomic E-state index is 9.04. The number of hydrogen-bond acceptors (Lipinski definition) is 4. The van der Waals surface area contributed by atoms with E-state index in [0.717, 1.165) is 29.0 Å². The SMILES string of the molecule is C#CC[NH+](C)CC(=C)c1ccc(OCc2ccccc2)cc1.O=C([O-])C(=O)O. The van der Waals surface area contributed by atoms with Gasteiger partial charge in [-0.15, -0.1) is 6.42 Å². The molecule has 0 aliphatic rings. The first-order chi connectivity index (χ1) is 13.3. The molecule has 0 radical (unpaired) electrons. The summed E-state index contributed by atoms with van der Waals surface area (Å²) < 4.78 is 5.79. The van der Waals surface area contributed by atoms with Crippen molar-refractivity contribution in [2.24, 2.45) is 0 Å². The molecule has 1 atom stereocenters. The predicted octanol–water partition coefficient (Wildman–Crippen LogP) is 0.248. The normalized spacial score (nSPS) is 10.6. The molecule has 0 spiro atoms. The molecule has 2 N–H and O–H groups in total. The quantitative estimate of drug-likeness (QED) is 0.530. The molecule has 28 heavy (non-hydrogen) atoms. The van der Waals surface area contributed by atoms with Gasteiger partial charge in [-0.3, -0.25) is 0 Å². The molecule has 0 saturated carbocycles. The van der Waals surface area contributed by atoms with Gasteiger partial charge in [0.15, 0.2) is 5.97 Å². The number of nitrogens with one attached hydrogen (secondary N) is 1. The van der Waals surface area contributed by atoms with Crippen LogP contribution in [0.3, 0.4) is 0 Å². The number of benzene rings is 2. The van der Waals surface area contributed by atoms with Gasteiger partial charge < -0.3 is 24.6 Å². The van der Waals surface area contributed by atoms with Crippen LogP contribution in [0.4, 0.5) is 0 Å². The first-order valence-corrected chi connectivity index (χ1v) is 8.47. The smallest absolute Gasteiger partial charge is 0.351 e. The second-order valence-electron chi connectivity index (χ2n) is 6.01. The Morgan fingerprint density at radius 1 is 1.18 bits per heavy atom. The van der Waals surface area contributed by atoms with Crippen molar-refractivity contribution in [3.05, 3.63) is 72.3 Å². The highest BCUT2D eigenvalue weighted by atomic mass is 16.5. The molecule has 0 amide bonds. The maximum Gasteiger partial charge on any atom is 0.351 e. The first-order valence-electron chi connectivity index (χ1n) is 8.47. The molecule has 0 aliphatic carbocycles. The van der Waals surface area contributed by atoms with Crippen molar-refractivity contribution in [1.82, 2.24) is 0 Å². The standard InChI is InChI=1S/C20H21NO.C2H2O4/c1-4-14-21(3)15-17(2)19-10-12-20(13-11-19)22-16-18-8-6-5-7-9-18;3-1(4)2(5)6/h1,5-13H,2,14-16H2,3H3;(H,3,4)(H,5,6).